The summed E-state index contributed by atoms with van der Waals surface area (Å²) in [6.45, 7) is 6.10. The zero-order valence-corrected chi connectivity index (χ0v) is 12.8. The van der Waals surface area contributed by atoms with Gasteiger partial charge in [-0.2, -0.15) is 0 Å². The Morgan fingerprint density at radius 1 is 1.38 bits per heavy atom. The normalized spacial score (nSPS) is 20.4. The molecule has 1 N–H and O–H groups in total. The number of hydrogen-bond acceptors (Lipinski definition) is 3. The lowest BCUT2D eigenvalue weighted by Crippen LogP contribution is -2.34. The molecule has 1 aromatic rings. The van der Waals surface area contributed by atoms with E-state index in [2.05, 4.69) is 5.32 Å². The Morgan fingerprint density at radius 2 is 2.29 bits per heavy atom. The minimum Gasteiger partial charge on any atom is -0.382 e. The Bertz CT molecular complexity index is 408. The highest BCUT2D eigenvalue weighted by Crippen LogP contribution is 2.31. The smallest absolute Gasteiger partial charge is 0.123 e. The summed E-state index contributed by atoms with van der Waals surface area (Å²) in [6.07, 6.45) is 3.12. The van der Waals surface area contributed by atoms with Gasteiger partial charge in [0.1, 0.15) is 5.82 Å². The number of nitrogens with one attached hydrogen (secondary N) is 1. The van der Waals surface area contributed by atoms with E-state index in [1.165, 1.54) is 6.07 Å². The van der Waals surface area contributed by atoms with Crippen LogP contribution in [-0.2, 0) is 9.47 Å². The molecule has 0 radical (unpaired) electrons. The Kier molecular flexibility index (Phi) is 7.13. The fourth-order valence-corrected chi connectivity index (χ4v) is 2.84. The van der Waals surface area contributed by atoms with Crippen molar-refractivity contribution in [2.45, 2.75) is 32.3 Å². The number of hydrogen-bond donors (Lipinski definition) is 1. The number of halogens is 1. The molecule has 1 unspecified atom stereocenters. The fourth-order valence-electron chi connectivity index (χ4n) is 2.84. The topological polar surface area (TPSA) is 30.5 Å². The Hall–Kier alpha value is -0.970. The van der Waals surface area contributed by atoms with Crippen molar-refractivity contribution < 1.29 is 13.9 Å². The van der Waals surface area contributed by atoms with Crippen LogP contribution in [-0.4, -0.2) is 32.9 Å². The number of rotatable bonds is 8. The number of piperidine rings is 1. The van der Waals surface area contributed by atoms with Crippen molar-refractivity contribution >= 4 is 0 Å². The van der Waals surface area contributed by atoms with Gasteiger partial charge in [-0.3, -0.25) is 0 Å². The number of ether oxygens (including phenoxy) is 2. The third kappa shape index (κ3) is 5.38. The average molecular weight is 295 g/mol. The van der Waals surface area contributed by atoms with Gasteiger partial charge in [-0.1, -0.05) is 12.1 Å². The van der Waals surface area contributed by atoms with Gasteiger partial charge in [-0.05, 0) is 50.4 Å². The van der Waals surface area contributed by atoms with Gasteiger partial charge in [0.2, 0.25) is 0 Å². The highest BCUT2D eigenvalue weighted by molar-refractivity contribution is 5.20. The van der Waals surface area contributed by atoms with Crippen molar-refractivity contribution in [3.63, 3.8) is 0 Å². The lowest BCUT2D eigenvalue weighted by Gasteiger charge is -2.31. The van der Waals surface area contributed by atoms with E-state index in [1.807, 2.05) is 13.0 Å². The van der Waals surface area contributed by atoms with Crippen LogP contribution in [0.25, 0.3) is 0 Å². The van der Waals surface area contributed by atoms with Gasteiger partial charge >= 0.3 is 0 Å². The minimum atomic E-state index is -0.195. The molecule has 1 aromatic carbocycles. The van der Waals surface area contributed by atoms with Gasteiger partial charge in [0, 0.05) is 32.3 Å². The molecule has 21 heavy (non-hydrogen) atoms. The van der Waals surface area contributed by atoms with E-state index >= 15 is 0 Å². The van der Waals surface area contributed by atoms with Crippen LogP contribution in [0, 0.1) is 11.7 Å². The lowest BCUT2D eigenvalue weighted by atomic mass is 9.89. The van der Waals surface area contributed by atoms with E-state index in [-0.39, 0.29) is 11.9 Å². The number of benzene rings is 1. The molecule has 2 rings (SSSR count). The molecule has 0 spiro atoms. The van der Waals surface area contributed by atoms with Gasteiger partial charge in [-0.25, -0.2) is 4.39 Å². The van der Waals surface area contributed by atoms with Crippen LogP contribution in [0.4, 0.5) is 4.39 Å². The molecule has 1 fully saturated rings. The fraction of sp³-hybridized carbons (Fsp3) is 0.647. The van der Waals surface area contributed by atoms with Crippen molar-refractivity contribution in [1.29, 1.82) is 0 Å². The lowest BCUT2D eigenvalue weighted by molar-refractivity contribution is -0.00734. The first-order chi connectivity index (χ1) is 10.3. The SMILES string of the molecule is CCOCCCOC(c1cccc(F)c1)[C@@H]1CCCNC1. The summed E-state index contributed by atoms with van der Waals surface area (Å²) >= 11 is 0. The van der Waals surface area contributed by atoms with Crippen LogP contribution >= 0.6 is 0 Å². The van der Waals surface area contributed by atoms with Crippen molar-refractivity contribution in [2.24, 2.45) is 5.92 Å². The molecule has 3 nitrogen and oxygen atoms in total. The largest absolute Gasteiger partial charge is 0.382 e. The molecular formula is C17H26FNO2. The van der Waals surface area contributed by atoms with Crippen LogP contribution in [0.5, 0.6) is 0 Å². The molecule has 118 valence electrons. The van der Waals surface area contributed by atoms with E-state index < -0.39 is 0 Å². The summed E-state index contributed by atoms with van der Waals surface area (Å²) in [6, 6.07) is 6.80. The zero-order valence-electron chi connectivity index (χ0n) is 12.8. The Labute approximate surface area is 126 Å². The van der Waals surface area contributed by atoms with Crippen LogP contribution < -0.4 is 5.32 Å². The van der Waals surface area contributed by atoms with E-state index in [0.29, 0.717) is 12.5 Å². The first-order valence-electron chi connectivity index (χ1n) is 7.96. The molecule has 0 aromatic heterocycles. The predicted molar refractivity (Wildman–Crippen MR) is 81.8 cm³/mol. The monoisotopic (exact) mass is 295 g/mol. The third-order valence-electron chi connectivity index (χ3n) is 3.87. The molecule has 0 saturated carbocycles. The maximum absolute atomic E-state index is 13.5. The molecule has 0 bridgehead atoms. The quantitative estimate of drug-likeness (QED) is 0.746. The van der Waals surface area contributed by atoms with E-state index in [9.17, 15) is 4.39 Å². The van der Waals surface area contributed by atoms with Gasteiger partial charge in [0.15, 0.2) is 0 Å². The zero-order chi connectivity index (χ0) is 14.9. The van der Waals surface area contributed by atoms with Gasteiger partial charge in [0.25, 0.3) is 0 Å². The second-order valence-corrected chi connectivity index (χ2v) is 5.50. The van der Waals surface area contributed by atoms with Crippen molar-refractivity contribution in [2.75, 3.05) is 32.9 Å². The van der Waals surface area contributed by atoms with Crippen molar-refractivity contribution in [3.8, 4) is 0 Å². The van der Waals surface area contributed by atoms with Gasteiger partial charge in [0.05, 0.1) is 6.10 Å². The second kappa shape index (κ2) is 9.13. The highest BCUT2D eigenvalue weighted by Gasteiger charge is 2.25. The van der Waals surface area contributed by atoms with Crippen LogP contribution in [0.1, 0.15) is 37.9 Å². The third-order valence-corrected chi connectivity index (χ3v) is 3.87. The molecule has 1 aliphatic heterocycles. The van der Waals surface area contributed by atoms with Gasteiger partial charge < -0.3 is 14.8 Å². The van der Waals surface area contributed by atoms with Crippen molar-refractivity contribution in [3.05, 3.63) is 35.6 Å². The van der Waals surface area contributed by atoms with E-state index in [4.69, 9.17) is 9.47 Å². The molecule has 2 atom stereocenters. The van der Waals surface area contributed by atoms with Crippen molar-refractivity contribution in [1.82, 2.24) is 5.32 Å². The van der Waals surface area contributed by atoms with Gasteiger partial charge in [-0.15, -0.1) is 0 Å². The Morgan fingerprint density at radius 3 is 3.00 bits per heavy atom. The van der Waals surface area contributed by atoms with Crippen LogP contribution in [0.3, 0.4) is 0 Å². The standard InChI is InChI=1S/C17H26FNO2/c1-2-20-10-5-11-21-17(15-7-4-9-19-13-15)14-6-3-8-16(18)12-14/h3,6,8,12,15,17,19H,2,4-5,7,9-11,13H2,1H3/t15-,17?/m1/s1. The summed E-state index contributed by atoms with van der Waals surface area (Å²) in [5, 5.41) is 3.41. The summed E-state index contributed by atoms with van der Waals surface area (Å²) in [4.78, 5) is 0. The molecule has 1 saturated heterocycles. The van der Waals surface area contributed by atoms with E-state index in [0.717, 1.165) is 51.1 Å². The summed E-state index contributed by atoms with van der Waals surface area (Å²) in [5.74, 6) is 0.215. The first kappa shape index (κ1) is 16.4. The average Bonchev–Trinajstić information content (AvgIpc) is 2.52. The highest BCUT2D eigenvalue weighted by atomic mass is 19.1. The summed E-state index contributed by atoms with van der Waals surface area (Å²) in [5.41, 5.74) is 0.945. The maximum atomic E-state index is 13.5. The summed E-state index contributed by atoms with van der Waals surface area (Å²) in [7, 11) is 0. The van der Waals surface area contributed by atoms with E-state index in [1.54, 1.807) is 12.1 Å². The van der Waals surface area contributed by atoms with Crippen LogP contribution in [0.2, 0.25) is 0 Å². The Balaban J connectivity index is 1.96. The molecule has 0 amide bonds. The molecule has 0 aliphatic carbocycles. The molecule has 1 aliphatic rings. The summed E-state index contributed by atoms with van der Waals surface area (Å²) < 4.78 is 24.9. The predicted octanol–water partition coefficient (Wildman–Crippen LogP) is 3.31. The first-order valence-corrected chi connectivity index (χ1v) is 7.96. The van der Waals surface area contributed by atoms with Crippen LogP contribution in [0.15, 0.2) is 24.3 Å². The minimum absolute atomic E-state index is 0.0323. The molecular weight excluding hydrogens is 269 g/mol. The molecule has 1 heterocycles. The maximum Gasteiger partial charge on any atom is 0.123 e. The second-order valence-electron chi connectivity index (χ2n) is 5.50. The molecule has 4 heteroatoms.